The molecule has 0 fully saturated rings. The lowest BCUT2D eigenvalue weighted by molar-refractivity contribution is -0.384. The fraction of sp³-hybridized carbons (Fsp3) is 0.125. The van der Waals surface area contributed by atoms with E-state index in [0.717, 1.165) is 10.5 Å². The first-order valence-electron chi connectivity index (χ1n) is 10.2. The van der Waals surface area contributed by atoms with Crippen LogP contribution in [0.15, 0.2) is 88.6 Å². The van der Waals surface area contributed by atoms with Gasteiger partial charge in [0.05, 0.1) is 28.1 Å². The zero-order valence-corrected chi connectivity index (χ0v) is 18.3. The number of thioether (sulfide) groups is 1. The Morgan fingerprint density at radius 1 is 0.970 bits per heavy atom. The molecule has 166 valence electrons. The number of nitro groups is 1. The zero-order valence-electron chi connectivity index (χ0n) is 17.5. The number of amides is 1. The number of carbonyl (C=O) groups is 1. The molecule has 0 unspecified atom stereocenters. The first-order chi connectivity index (χ1) is 16.0. The predicted octanol–water partition coefficient (Wildman–Crippen LogP) is 4.15. The van der Waals surface area contributed by atoms with Gasteiger partial charge < -0.3 is 9.88 Å². The summed E-state index contributed by atoms with van der Waals surface area (Å²) in [5, 5.41) is 11.3. The molecule has 9 heteroatoms. The van der Waals surface area contributed by atoms with Crippen molar-refractivity contribution in [3.05, 3.63) is 111 Å². The van der Waals surface area contributed by atoms with Gasteiger partial charge in [0, 0.05) is 23.6 Å². The molecule has 1 aromatic heterocycles. The SMILES string of the molecule is O=C(CSc1ccc([N+](=O)[O-])cc1)N(Cc1ccccc1)Cc1nc2ccccc2c(=O)[nH]1. The number of rotatable bonds is 8. The number of aromatic amines is 1. The third-order valence-corrected chi connectivity index (χ3v) is 5.98. The van der Waals surface area contributed by atoms with Crippen molar-refractivity contribution < 1.29 is 9.72 Å². The lowest BCUT2D eigenvalue weighted by atomic mass is 10.2. The molecule has 0 atom stereocenters. The minimum atomic E-state index is -0.460. The number of non-ortho nitro benzene ring substituents is 1. The molecular weight excluding hydrogens is 440 g/mol. The number of hydrogen-bond donors (Lipinski definition) is 1. The highest BCUT2D eigenvalue weighted by atomic mass is 32.2. The lowest BCUT2D eigenvalue weighted by Gasteiger charge is -2.22. The second-order valence-corrected chi connectivity index (χ2v) is 8.35. The summed E-state index contributed by atoms with van der Waals surface area (Å²) >= 11 is 1.30. The van der Waals surface area contributed by atoms with Crippen LogP contribution in [-0.4, -0.2) is 31.5 Å². The summed E-state index contributed by atoms with van der Waals surface area (Å²) < 4.78 is 0. The highest BCUT2D eigenvalue weighted by Crippen LogP contribution is 2.22. The van der Waals surface area contributed by atoms with Crippen LogP contribution in [0.25, 0.3) is 10.9 Å². The minimum Gasteiger partial charge on any atom is -0.330 e. The van der Waals surface area contributed by atoms with Crippen LogP contribution in [0.3, 0.4) is 0 Å². The second-order valence-electron chi connectivity index (χ2n) is 7.30. The number of aromatic nitrogens is 2. The van der Waals surface area contributed by atoms with Crippen LogP contribution in [0.1, 0.15) is 11.4 Å². The highest BCUT2D eigenvalue weighted by molar-refractivity contribution is 8.00. The van der Waals surface area contributed by atoms with Crippen molar-refractivity contribution in [1.82, 2.24) is 14.9 Å². The highest BCUT2D eigenvalue weighted by Gasteiger charge is 2.17. The summed E-state index contributed by atoms with van der Waals surface area (Å²) in [6.45, 7) is 0.506. The van der Waals surface area contributed by atoms with E-state index in [0.29, 0.717) is 23.3 Å². The van der Waals surface area contributed by atoms with E-state index in [1.54, 1.807) is 35.2 Å². The number of carbonyl (C=O) groups excluding carboxylic acids is 1. The Kier molecular flexibility index (Phi) is 6.80. The topological polar surface area (TPSA) is 109 Å². The minimum absolute atomic E-state index is 0.00251. The zero-order chi connectivity index (χ0) is 23.2. The fourth-order valence-corrected chi connectivity index (χ4v) is 4.13. The van der Waals surface area contributed by atoms with Crippen molar-refractivity contribution in [2.75, 3.05) is 5.75 Å². The molecule has 0 aliphatic rings. The van der Waals surface area contributed by atoms with E-state index in [9.17, 15) is 19.7 Å². The van der Waals surface area contributed by atoms with Gasteiger partial charge in [-0.05, 0) is 29.8 Å². The van der Waals surface area contributed by atoms with Crippen molar-refractivity contribution in [3.8, 4) is 0 Å². The lowest BCUT2D eigenvalue weighted by Crippen LogP contribution is -2.33. The van der Waals surface area contributed by atoms with E-state index in [1.165, 1.54) is 23.9 Å². The third kappa shape index (κ3) is 5.64. The van der Waals surface area contributed by atoms with E-state index in [2.05, 4.69) is 9.97 Å². The predicted molar refractivity (Wildman–Crippen MR) is 127 cm³/mol. The Morgan fingerprint density at radius 3 is 2.39 bits per heavy atom. The summed E-state index contributed by atoms with van der Waals surface area (Å²) in [7, 11) is 0. The Hall–Kier alpha value is -3.98. The number of benzene rings is 3. The van der Waals surface area contributed by atoms with Gasteiger partial charge >= 0.3 is 0 Å². The second kappa shape index (κ2) is 10.1. The molecule has 0 aliphatic heterocycles. The van der Waals surface area contributed by atoms with Crippen LogP contribution in [-0.2, 0) is 17.9 Å². The van der Waals surface area contributed by atoms with Crippen molar-refractivity contribution in [1.29, 1.82) is 0 Å². The molecule has 1 amide bonds. The number of nitrogens with one attached hydrogen (secondary N) is 1. The Labute approximate surface area is 193 Å². The average Bonchev–Trinajstić information content (AvgIpc) is 2.83. The number of nitro benzene ring substituents is 1. The molecule has 0 spiro atoms. The van der Waals surface area contributed by atoms with Crippen LogP contribution in [0.5, 0.6) is 0 Å². The summed E-state index contributed by atoms with van der Waals surface area (Å²) in [6.07, 6.45) is 0. The van der Waals surface area contributed by atoms with Gasteiger partial charge in [-0.3, -0.25) is 19.7 Å². The summed E-state index contributed by atoms with van der Waals surface area (Å²) in [6, 6.07) is 22.7. The molecule has 0 aliphatic carbocycles. The van der Waals surface area contributed by atoms with E-state index in [1.807, 2.05) is 36.4 Å². The molecule has 8 nitrogen and oxygen atoms in total. The van der Waals surface area contributed by atoms with E-state index >= 15 is 0 Å². The Bertz CT molecular complexity index is 1340. The molecule has 1 heterocycles. The number of H-pyrrole nitrogens is 1. The van der Waals surface area contributed by atoms with Gasteiger partial charge in [0.2, 0.25) is 5.91 Å². The first-order valence-corrected chi connectivity index (χ1v) is 11.1. The van der Waals surface area contributed by atoms with Gasteiger partial charge in [-0.2, -0.15) is 0 Å². The molecule has 0 saturated heterocycles. The molecule has 1 N–H and O–H groups in total. The van der Waals surface area contributed by atoms with Crippen molar-refractivity contribution in [3.63, 3.8) is 0 Å². The van der Waals surface area contributed by atoms with Crippen LogP contribution in [0, 0.1) is 10.1 Å². The summed E-state index contributed by atoms with van der Waals surface area (Å²) in [5.74, 6) is 0.406. The maximum atomic E-state index is 13.1. The largest absolute Gasteiger partial charge is 0.330 e. The maximum absolute atomic E-state index is 13.1. The third-order valence-electron chi connectivity index (χ3n) is 4.98. The number of para-hydroxylation sites is 1. The average molecular weight is 461 g/mol. The van der Waals surface area contributed by atoms with E-state index in [4.69, 9.17) is 0 Å². The van der Waals surface area contributed by atoms with Crippen LogP contribution in [0.2, 0.25) is 0 Å². The van der Waals surface area contributed by atoms with Crippen molar-refractivity contribution >= 4 is 34.3 Å². The van der Waals surface area contributed by atoms with E-state index in [-0.39, 0.29) is 29.5 Å². The monoisotopic (exact) mass is 460 g/mol. The molecule has 0 radical (unpaired) electrons. The molecule has 33 heavy (non-hydrogen) atoms. The van der Waals surface area contributed by atoms with Gasteiger partial charge in [-0.1, -0.05) is 42.5 Å². The fourth-order valence-electron chi connectivity index (χ4n) is 3.33. The number of hydrogen-bond acceptors (Lipinski definition) is 6. The quantitative estimate of drug-likeness (QED) is 0.240. The van der Waals surface area contributed by atoms with E-state index < -0.39 is 4.92 Å². The molecular formula is C24H20N4O4S. The maximum Gasteiger partial charge on any atom is 0.269 e. The van der Waals surface area contributed by atoms with Gasteiger partial charge in [-0.25, -0.2) is 4.98 Å². The normalized spacial score (nSPS) is 10.8. The molecule has 0 bridgehead atoms. The Balaban J connectivity index is 1.53. The van der Waals surface area contributed by atoms with Crippen molar-refractivity contribution in [2.45, 2.75) is 18.0 Å². The number of nitrogens with zero attached hydrogens (tertiary/aromatic N) is 3. The van der Waals surface area contributed by atoms with Crippen LogP contribution < -0.4 is 5.56 Å². The van der Waals surface area contributed by atoms with Crippen LogP contribution >= 0.6 is 11.8 Å². The molecule has 4 rings (SSSR count). The van der Waals surface area contributed by atoms with Gasteiger partial charge in [0.15, 0.2) is 0 Å². The van der Waals surface area contributed by atoms with Crippen LogP contribution in [0.4, 0.5) is 5.69 Å². The standard InChI is InChI=1S/C24H20N4O4S/c29-23(16-33-19-12-10-18(11-13-19)28(31)32)27(14-17-6-2-1-3-7-17)15-22-25-21-9-5-4-8-20(21)24(30)26-22/h1-13H,14-16H2,(H,25,26,30). The summed E-state index contributed by atoms with van der Waals surface area (Å²) in [5.41, 5.74) is 1.28. The molecule has 3 aromatic carbocycles. The molecule has 0 saturated carbocycles. The number of fused-ring (bicyclic) bond motifs is 1. The van der Waals surface area contributed by atoms with Gasteiger partial charge in [0.1, 0.15) is 5.82 Å². The Morgan fingerprint density at radius 2 is 1.67 bits per heavy atom. The summed E-state index contributed by atoms with van der Waals surface area (Å²) in [4.78, 5) is 45.6. The first kappa shape index (κ1) is 22.2. The van der Waals surface area contributed by atoms with Gasteiger partial charge in [0.25, 0.3) is 11.2 Å². The van der Waals surface area contributed by atoms with Gasteiger partial charge in [-0.15, -0.1) is 11.8 Å². The smallest absolute Gasteiger partial charge is 0.269 e. The molecule has 4 aromatic rings. The van der Waals surface area contributed by atoms with Crippen molar-refractivity contribution in [2.24, 2.45) is 0 Å².